The van der Waals surface area contributed by atoms with E-state index in [4.69, 9.17) is 10.2 Å². The minimum Gasteiger partial charge on any atom is -0.479 e. The molecule has 6 nitrogen and oxygen atoms in total. The molecule has 1 amide bonds. The van der Waals surface area contributed by atoms with Gasteiger partial charge in [0, 0.05) is 6.54 Å². The number of aliphatic hydroxyl groups excluding tert-OH is 1. The van der Waals surface area contributed by atoms with Crippen molar-refractivity contribution in [2.75, 3.05) is 13.2 Å². The van der Waals surface area contributed by atoms with Gasteiger partial charge in [-0.25, -0.2) is 9.59 Å². The number of alkyl carbamates (subject to hydrolysis) is 1. The molecule has 0 aromatic carbocycles. The lowest BCUT2D eigenvalue weighted by atomic mass is 10.1. The van der Waals surface area contributed by atoms with E-state index in [0.29, 0.717) is 19.4 Å². The number of carbonyl (C=O) groups excluding carboxylic acids is 1. The number of amides is 1. The number of ether oxygens (including phenoxy) is 1. The smallest absolute Gasteiger partial charge is 0.407 e. The number of aliphatic carboxylic acids is 1. The fraction of sp³-hybridized carbons (Fsp3) is 0.600. The molecule has 0 unspecified atom stereocenters. The average molecular weight is 231 g/mol. The first-order valence-corrected chi connectivity index (χ1v) is 5.00. The third-order valence-corrected chi connectivity index (χ3v) is 1.79. The highest BCUT2D eigenvalue weighted by molar-refractivity contribution is 5.71. The summed E-state index contributed by atoms with van der Waals surface area (Å²) >= 11 is 0. The lowest BCUT2D eigenvalue weighted by Gasteiger charge is -2.06. The second kappa shape index (κ2) is 8.72. The van der Waals surface area contributed by atoms with Crippen LogP contribution in [0.3, 0.4) is 0 Å². The van der Waals surface area contributed by atoms with Gasteiger partial charge in [0.2, 0.25) is 0 Å². The summed E-state index contributed by atoms with van der Waals surface area (Å²) in [4.78, 5) is 21.1. The molecular weight excluding hydrogens is 214 g/mol. The van der Waals surface area contributed by atoms with Crippen LogP contribution in [0.5, 0.6) is 0 Å². The van der Waals surface area contributed by atoms with Crippen LogP contribution in [0, 0.1) is 0 Å². The molecule has 16 heavy (non-hydrogen) atoms. The highest BCUT2D eigenvalue weighted by atomic mass is 16.5. The van der Waals surface area contributed by atoms with Gasteiger partial charge in [0.1, 0.15) is 6.61 Å². The Morgan fingerprint density at radius 1 is 1.44 bits per heavy atom. The summed E-state index contributed by atoms with van der Waals surface area (Å²) in [5, 5.41) is 19.8. The summed E-state index contributed by atoms with van der Waals surface area (Å²) in [6.07, 6.45) is 0.899. The van der Waals surface area contributed by atoms with E-state index in [1.165, 1.54) is 6.08 Å². The Hall–Kier alpha value is -1.56. The van der Waals surface area contributed by atoms with Crippen LogP contribution in [0.1, 0.15) is 19.3 Å². The Morgan fingerprint density at radius 2 is 2.12 bits per heavy atom. The van der Waals surface area contributed by atoms with Gasteiger partial charge in [0.05, 0.1) is 0 Å². The van der Waals surface area contributed by atoms with Crippen LogP contribution in [-0.2, 0) is 9.53 Å². The van der Waals surface area contributed by atoms with E-state index in [-0.39, 0.29) is 13.0 Å². The number of hydrogen-bond donors (Lipinski definition) is 3. The van der Waals surface area contributed by atoms with Gasteiger partial charge in [0.25, 0.3) is 0 Å². The molecule has 0 aromatic heterocycles. The summed E-state index contributed by atoms with van der Waals surface area (Å²) < 4.78 is 4.65. The van der Waals surface area contributed by atoms with Crippen molar-refractivity contribution in [3.05, 3.63) is 12.7 Å². The minimum atomic E-state index is -1.33. The summed E-state index contributed by atoms with van der Waals surface area (Å²) in [7, 11) is 0. The van der Waals surface area contributed by atoms with E-state index in [9.17, 15) is 9.59 Å². The van der Waals surface area contributed by atoms with Crippen LogP contribution < -0.4 is 5.32 Å². The zero-order valence-corrected chi connectivity index (χ0v) is 9.02. The fourth-order valence-electron chi connectivity index (χ4n) is 0.962. The molecule has 0 saturated heterocycles. The number of unbranched alkanes of at least 4 members (excludes halogenated alkanes) is 1. The molecule has 0 saturated carbocycles. The van der Waals surface area contributed by atoms with E-state index in [0.717, 1.165) is 0 Å². The van der Waals surface area contributed by atoms with E-state index in [1.54, 1.807) is 0 Å². The van der Waals surface area contributed by atoms with Crippen molar-refractivity contribution in [3.8, 4) is 0 Å². The zero-order chi connectivity index (χ0) is 12.4. The summed E-state index contributed by atoms with van der Waals surface area (Å²) in [6.45, 7) is 3.94. The molecule has 0 fully saturated rings. The largest absolute Gasteiger partial charge is 0.479 e. The third kappa shape index (κ3) is 7.81. The van der Waals surface area contributed by atoms with Crippen LogP contribution in [0.15, 0.2) is 12.7 Å². The van der Waals surface area contributed by atoms with Gasteiger partial charge in [-0.05, 0) is 19.3 Å². The van der Waals surface area contributed by atoms with Gasteiger partial charge >= 0.3 is 12.1 Å². The normalized spacial score (nSPS) is 11.6. The third-order valence-electron chi connectivity index (χ3n) is 1.79. The minimum absolute atomic E-state index is 0.156. The molecule has 0 heterocycles. The second-order valence-electron chi connectivity index (χ2n) is 3.16. The lowest BCUT2D eigenvalue weighted by molar-refractivity contribution is -0.146. The van der Waals surface area contributed by atoms with Gasteiger partial charge < -0.3 is 20.3 Å². The molecule has 0 aliphatic carbocycles. The molecule has 0 aliphatic heterocycles. The van der Waals surface area contributed by atoms with E-state index < -0.39 is 18.2 Å². The molecule has 92 valence electrons. The Labute approximate surface area is 93.9 Å². The molecule has 1 atom stereocenters. The predicted octanol–water partition coefficient (Wildman–Crippen LogP) is 0.514. The first-order valence-electron chi connectivity index (χ1n) is 5.00. The molecule has 0 bridgehead atoms. The summed E-state index contributed by atoms with van der Waals surface area (Å²) in [6, 6.07) is 0. The van der Waals surface area contributed by atoms with Gasteiger partial charge in [-0.15, -0.1) is 0 Å². The zero-order valence-electron chi connectivity index (χ0n) is 9.02. The standard InChI is InChI=1S/C10H17NO5/c1-2-7-16-10(15)11-6-4-3-5-8(12)9(13)14/h2,8,12H,1,3-7H2,(H,11,15)(H,13,14)/t8-/m0/s1. The van der Waals surface area contributed by atoms with E-state index in [2.05, 4.69) is 16.6 Å². The van der Waals surface area contributed by atoms with E-state index >= 15 is 0 Å². The Kier molecular flexibility index (Phi) is 7.87. The predicted molar refractivity (Wildman–Crippen MR) is 57.0 cm³/mol. The second-order valence-corrected chi connectivity index (χ2v) is 3.16. The van der Waals surface area contributed by atoms with Crippen molar-refractivity contribution in [2.45, 2.75) is 25.4 Å². The molecule has 6 heteroatoms. The van der Waals surface area contributed by atoms with Crippen LogP contribution in [0.2, 0.25) is 0 Å². The first kappa shape index (κ1) is 14.4. The number of hydrogen-bond acceptors (Lipinski definition) is 4. The lowest BCUT2D eigenvalue weighted by Crippen LogP contribution is -2.26. The maximum absolute atomic E-state index is 10.9. The van der Waals surface area contributed by atoms with E-state index in [1.807, 2.05) is 0 Å². The molecule has 0 spiro atoms. The highest BCUT2D eigenvalue weighted by Gasteiger charge is 2.11. The quantitative estimate of drug-likeness (QED) is 0.418. The maximum Gasteiger partial charge on any atom is 0.407 e. The Morgan fingerprint density at radius 3 is 2.69 bits per heavy atom. The number of nitrogens with one attached hydrogen (secondary N) is 1. The number of carbonyl (C=O) groups is 2. The van der Waals surface area contributed by atoms with Crippen molar-refractivity contribution in [1.82, 2.24) is 5.32 Å². The van der Waals surface area contributed by atoms with Gasteiger partial charge in [-0.2, -0.15) is 0 Å². The monoisotopic (exact) mass is 231 g/mol. The van der Waals surface area contributed by atoms with Gasteiger partial charge in [-0.1, -0.05) is 12.7 Å². The number of carboxylic acid groups (broad SMARTS) is 1. The summed E-state index contributed by atoms with van der Waals surface area (Å²) in [5.41, 5.74) is 0. The average Bonchev–Trinajstić information content (AvgIpc) is 2.25. The Bertz CT molecular complexity index is 241. The van der Waals surface area contributed by atoms with Crippen molar-refractivity contribution in [3.63, 3.8) is 0 Å². The highest BCUT2D eigenvalue weighted by Crippen LogP contribution is 2.00. The molecule has 0 aliphatic rings. The first-order chi connectivity index (χ1) is 7.57. The molecule has 0 radical (unpaired) electrons. The topological polar surface area (TPSA) is 95.9 Å². The van der Waals surface area contributed by atoms with Crippen molar-refractivity contribution < 1.29 is 24.5 Å². The van der Waals surface area contributed by atoms with Crippen molar-refractivity contribution >= 4 is 12.1 Å². The molecule has 3 N–H and O–H groups in total. The SMILES string of the molecule is C=CCOC(=O)NCCCC[C@H](O)C(=O)O. The molecule has 0 aromatic rings. The summed E-state index contributed by atoms with van der Waals surface area (Å²) in [5.74, 6) is -1.22. The van der Waals surface area contributed by atoms with Crippen LogP contribution in [0.25, 0.3) is 0 Å². The Balaban J connectivity index is 3.36. The number of rotatable bonds is 8. The van der Waals surface area contributed by atoms with Crippen LogP contribution in [-0.4, -0.2) is 41.5 Å². The van der Waals surface area contributed by atoms with Gasteiger partial charge in [0.15, 0.2) is 6.10 Å². The van der Waals surface area contributed by atoms with Crippen LogP contribution >= 0.6 is 0 Å². The molecule has 0 rings (SSSR count). The van der Waals surface area contributed by atoms with Crippen LogP contribution in [0.4, 0.5) is 4.79 Å². The number of aliphatic hydroxyl groups is 1. The van der Waals surface area contributed by atoms with Crippen molar-refractivity contribution in [1.29, 1.82) is 0 Å². The maximum atomic E-state index is 10.9. The molecular formula is C10H17NO5. The number of carboxylic acids is 1. The van der Waals surface area contributed by atoms with Crippen molar-refractivity contribution in [2.24, 2.45) is 0 Å². The fourth-order valence-corrected chi connectivity index (χ4v) is 0.962. The van der Waals surface area contributed by atoms with Gasteiger partial charge in [-0.3, -0.25) is 0 Å².